The Morgan fingerprint density at radius 3 is 2.00 bits per heavy atom. The first-order valence-electron chi connectivity index (χ1n) is 4.54. The highest BCUT2D eigenvalue weighted by atomic mass is 16.1. The SMILES string of the molecule is CC1(C)CC(C(N)=O)C(C)(C)C1. The van der Waals surface area contributed by atoms with Crippen LogP contribution in [0.25, 0.3) is 0 Å². The first-order valence-corrected chi connectivity index (χ1v) is 4.54. The van der Waals surface area contributed by atoms with Gasteiger partial charge in [-0.1, -0.05) is 27.7 Å². The number of nitrogens with two attached hydrogens (primary N) is 1. The Morgan fingerprint density at radius 1 is 1.33 bits per heavy atom. The van der Waals surface area contributed by atoms with Gasteiger partial charge in [0.25, 0.3) is 0 Å². The molecule has 2 N–H and O–H groups in total. The van der Waals surface area contributed by atoms with Gasteiger partial charge < -0.3 is 5.73 Å². The van der Waals surface area contributed by atoms with Crippen molar-refractivity contribution in [2.45, 2.75) is 40.5 Å². The predicted molar refractivity (Wildman–Crippen MR) is 49.5 cm³/mol. The van der Waals surface area contributed by atoms with Gasteiger partial charge in [0.05, 0.1) is 0 Å². The summed E-state index contributed by atoms with van der Waals surface area (Å²) in [6.07, 6.45) is 2.03. The van der Waals surface area contributed by atoms with E-state index >= 15 is 0 Å². The molecule has 70 valence electrons. The van der Waals surface area contributed by atoms with Gasteiger partial charge in [-0.05, 0) is 23.7 Å². The number of hydrogen-bond acceptors (Lipinski definition) is 1. The second-order valence-electron chi connectivity index (χ2n) is 5.49. The van der Waals surface area contributed by atoms with Crippen LogP contribution in [-0.4, -0.2) is 5.91 Å². The fourth-order valence-electron chi connectivity index (χ4n) is 2.74. The average molecular weight is 169 g/mol. The molecule has 1 saturated carbocycles. The van der Waals surface area contributed by atoms with Crippen LogP contribution < -0.4 is 5.73 Å². The molecule has 1 aliphatic rings. The number of carbonyl (C=O) groups excluding carboxylic acids is 1. The van der Waals surface area contributed by atoms with Crippen LogP contribution in [-0.2, 0) is 4.79 Å². The summed E-state index contributed by atoms with van der Waals surface area (Å²) in [4.78, 5) is 11.1. The molecule has 0 aliphatic heterocycles. The van der Waals surface area contributed by atoms with Crippen molar-refractivity contribution in [1.82, 2.24) is 0 Å². The van der Waals surface area contributed by atoms with Crippen molar-refractivity contribution < 1.29 is 4.79 Å². The standard InChI is InChI=1S/C10H19NO/c1-9(2)5-7(8(11)12)10(3,4)6-9/h7H,5-6H2,1-4H3,(H2,11,12). The van der Waals surface area contributed by atoms with E-state index in [4.69, 9.17) is 5.73 Å². The van der Waals surface area contributed by atoms with Gasteiger partial charge in [0.1, 0.15) is 0 Å². The molecule has 1 amide bonds. The second-order valence-corrected chi connectivity index (χ2v) is 5.49. The summed E-state index contributed by atoms with van der Waals surface area (Å²) in [5.74, 6) is -0.0712. The predicted octanol–water partition coefficient (Wildman–Crippen LogP) is 1.93. The normalized spacial score (nSPS) is 31.8. The lowest BCUT2D eigenvalue weighted by Gasteiger charge is -2.24. The van der Waals surface area contributed by atoms with E-state index in [1.807, 2.05) is 0 Å². The molecule has 1 rings (SSSR count). The van der Waals surface area contributed by atoms with Crippen LogP contribution in [0, 0.1) is 16.7 Å². The molecule has 12 heavy (non-hydrogen) atoms. The van der Waals surface area contributed by atoms with Crippen molar-refractivity contribution in [2.75, 3.05) is 0 Å². The lowest BCUT2D eigenvalue weighted by molar-refractivity contribution is -0.124. The van der Waals surface area contributed by atoms with Gasteiger partial charge >= 0.3 is 0 Å². The van der Waals surface area contributed by atoms with Crippen LogP contribution in [0.1, 0.15) is 40.5 Å². The van der Waals surface area contributed by atoms with Crippen LogP contribution in [0.15, 0.2) is 0 Å². The summed E-state index contributed by atoms with van der Waals surface area (Å²) in [6, 6.07) is 0. The van der Waals surface area contributed by atoms with Gasteiger partial charge in [-0.15, -0.1) is 0 Å². The molecule has 2 heteroatoms. The van der Waals surface area contributed by atoms with E-state index in [1.165, 1.54) is 0 Å². The van der Waals surface area contributed by atoms with E-state index < -0.39 is 0 Å². The van der Waals surface area contributed by atoms with Gasteiger partial charge in [0.2, 0.25) is 5.91 Å². The molecule has 0 aromatic rings. The third kappa shape index (κ3) is 1.62. The average Bonchev–Trinajstić information content (AvgIpc) is 1.99. The van der Waals surface area contributed by atoms with Crippen molar-refractivity contribution in [2.24, 2.45) is 22.5 Å². The molecule has 0 radical (unpaired) electrons. The molecule has 0 heterocycles. The maximum Gasteiger partial charge on any atom is 0.221 e. The quantitative estimate of drug-likeness (QED) is 0.640. The zero-order valence-corrected chi connectivity index (χ0v) is 8.48. The van der Waals surface area contributed by atoms with Gasteiger partial charge in [0.15, 0.2) is 0 Å². The summed E-state index contributed by atoms with van der Waals surface area (Å²) in [5, 5.41) is 0. The molecule has 2 nitrogen and oxygen atoms in total. The largest absolute Gasteiger partial charge is 0.369 e. The molecule has 1 aliphatic carbocycles. The Bertz CT molecular complexity index is 206. The Morgan fingerprint density at radius 2 is 1.83 bits per heavy atom. The number of carbonyl (C=O) groups is 1. The lowest BCUT2D eigenvalue weighted by atomic mass is 9.81. The monoisotopic (exact) mass is 169 g/mol. The minimum atomic E-state index is -0.134. The molecule has 0 bridgehead atoms. The van der Waals surface area contributed by atoms with Crippen molar-refractivity contribution in [3.8, 4) is 0 Å². The molecule has 0 spiro atoms. The number of primary amides is 1. The minimum absolute atomic E-state index is 0.0625. The zero-order chi connectivity index (χ0) is 9.57. The van der Waals surface area contributed by atoms with Crippen molar-refractivity contribution >= 4 is 5.91 Å². The summed E-state index contributed by atoms with van der Waals surface area (Å²) < 4.78 is 0. The first kappa shape index (κ1) is 9.56. The fourth-order valence-corrected chi connectivity index (χ4v) is 2.74. The van der Waals surface area contributed by atoms with Crippen LogP contribution in [0.5, 0.6) is 0 Å². The van der Waals surface area contributed by atoms with E-state index in [0.29, 0.717) is 0 Å². The Hall–Kier alpha value is -0.530. The third-order valence-corrected chi connectivity index (χ3v) is 2.98. The number of rotatable bonds is 1. The molecule has 1 atom stereocenters. The molecular weight excluding hydrogens is 150 g/mol. The highest BCUT2D eigenvalue weighted by Crippen LogP contribution is 2.52. The zero-order valence-electron chi connectivity index (χ0n) is 8.48. The van der Waals surface area contributed by atoms with Crippen LogP contribution in [0.3, 0.4) is 0 Å². The Labute approximate surface area is 74.5 Å². The second kappa shape index (κ2) is 2.48. The molecule has 1 fully saturated rings. The smallest absolute Gasteiger partial charge is 0.221 e. The lowest BCUT2D eigenvalue weighted by Crippen LogP contribution is -2.31. The molecule has 0 aromatic heterocycles. The molecular formula is C10H19NO. The maximum atomic E-state index is 11.1. The molecule has 0 saturated heterocycles. The summed E-state index contributed by atoms with van der Waals surface area (Å²) in [5.41, 5.74) is 5.73. The van der Waals surface area contributed by atoms with E-state index in [2.05, 4.69) is 27.7 Å². The van der Waals surface area contributed by atoms with Gasteiger partial charge in [-0.3, -0.25) is 4.79 Å². The number of hydrogen-bond donors (Lipinski definition) is 1. The van der Waals surface area contributed by atoms with Crippen molar-refractivity contribution in [3.63, 3.8) is 0 Å². The Balaban J connectivity index is 2.85. The van der Waals surface area contributed by atoms with Gasteiger partial charge in [0, 0.05) is 5.92 Å². The summed E-state index contributed by atoms with van der Waals surface area (Å²) >= 11 is 0. The van der Waals surface area contributed by atoms with Crippen LogP contribution >= 0.6 is 0 Å². The molecule has 1 unspecified atom stereocenters. The van der Waals surface area contributed by atoms with E-state index in [9.17, 15) is 4.79 Å². The van der Waals surface area contributed by atoms with Crippen molar-refractivity contribution in [1.29, 1.82) is 0 Å². The third-order valence-electron chi connectivity index (χ3n) is 2.98. The maximum absolute atomic E-state index is 11.1. The fraction of sp³-hybridized carbons (Fsp3) is 0.900. The summed E-state index contributed by atoms with van der Waals surface area (Å²) in [7, 11) is 0. The van der Waals surface area contributed by atoms with Crippen LogP contribution in [0.4, 0.5) is 0 Å². The van der Waals surface area contributed by atoms with Crippen LogP contribution in [0.2, 0.25) is 0 Å². The van der Waals surface area contributed by atoms with E-state index in [-0.39, 0.29) is 22.7 Å². The minimum Gasteiger partial charge on any atom is -0.369 e. The summed E-state index contributed by atoms with van der Waals surface area (Å²) in [6.45, 7) is 8.68. The van der Waals surface area contributed by atoms with E-state index in [0.717, 1.165) is 12.8 Å². The number of amides is 1. The molecule has 0 aromatic carbocycles. The van der Waals surface area contributed by atoms with Gasteiger partial charge in [-0.2, -0.15) is 0 Å². The first-order chi connectivity index (χ1) is 5.25. The van der Waals surface area contributed by atoms with Crippen molar-refractivity contribution in [3.05, 3.63) is 0 Å². The highest BCUT2D eigenvalue weighted by Gasteiger charge is 2.47. The topological polar surface area (TPSA) is 43.1 Å². The van der Waals surface area contributed by atoms with Gasteiger partial charge in [-0.25, -0.2) is 0 Å². The highest BCUT2D eigenvalue weighted by molar-refractivity contribution is 5.78. The Kier molecular flexibility index (Phi) is 1.97. The van der Waals surface area contributed by atoms with E-state index in [1.54, 1.807) is 0 Å².